The molecule has 0 atom stereocenters. The second kappa shape index (κ2) is 16.5. The number of anilines is 3. The predicted octanol–water partition coefficient (Wildman–Crippen LogP) is 18.4. The summed E-state index contributed by atoms with van der Waals surface area (Å²) in [5, 5.41) is 9.82. The molecular weight excluding hydrogens is 821 g/mol. The largest absolute Gasteiger partial charge is 0.309 e. The van der Waals surface area contributed by atoms with Crippen LogP contribution in [0.5, 0.6) is 0 Å². The Labute approximate surface area is 395 Å². The van der Waals surface area contributed by atoms with E-state index in [1.54, 1.807) is 0 Å². The van der Waals surface area contributed by atoms with Gasteiger partial charge < -0.3 is 9.47 Å². The van der Waals surface area contributed by atoms with Crippen LogP contribution in [-0.4, -0.2) is 4.57 Å². The minimum absolute atomic E-state index is 1.07. The highest BCUT2D eigenvalue weighted by molar-refractivity contribution is 6.11. The van der Waals surface area contributed by atoms with E-state index in [1.807, 2.05) is 0 Å². The van der Waals surface area contributed by atoms with E-state index in [9.17, 15) is 0 Å². The van der Waals surface area contributed by atoms with Gasteiger partial charge in [0, 0.05) is 33.1 Å². The number of aromatic nitrogens is 1. The molecule has 0 radical (unpaired) electrons. The Morgan fingerprint density at radius 2 is 0.809 bits per heavy atom. The second-order valence-electron chi connectivity index (χ2n) is 17.6. The summed E-state index contributed by atoms with van der Waals surface area (Å²) >= 11 is 0. The Balaban J connectivity index is 1.01. The Morgan fingerprint density at radius 3 is 1.59 bits per heavy atom. The number of hydrogen-bond donors (Lipinski definition) is 0. The molecule has 0 N–H and O–H groups in total. The molecule has 0 aliphatic rings. The fraction of sp³-hybridized carbons (Fsp3) is 0. The Kier molecular flexibility index (Phi) is 9.54. The molecule has 0 saturated carbocycles. The van der Waals surface area contributed by atoms with E-state index >= 15 is 0 Å². The van der Waals surface area contributed by atoms with Crippen LogP contribution in [0.2, 0.25) is 0 Å². The lowest BCUT2D eigenvalue weighted by atomic mass is 9.92. The normalized spacial score (nSPS) is 11.5. The van der Waals surface area contributed by atoms with Crippen molar-refractivity contribution in [3.05, 3.63) is 267 Å². The zero-order valence-electron chi connectivity index (χ0n) is 37.3. The quantitative estimate of drug-likeness (QED) is 0.148. The van der Waals surface area contributed by atoms with E-state index in [0.717, 1.165) is 28.3 Å². The molecule has 1 aromatic heterocycles. The second-order valence-corrected chi connectivity index (χ2v) is 17.6. The van der Waals surface area contributed by atoms with Crippen LogP contribution in [0.25, 0.3) is 104 Å². The van der Waals surface area contributed by atoms with Crippen LogP contribution in [0.15, 0.2) is 267 Å². The molecule has 0 unspecified atom stereocenters. The van der Waals surface area contributed by atoms with Gasteiger partial charge in [-0.1, -0.05) is 212 Å². The van der Waals surface area contributed by atoms with Crippen LogP contribution in [0.4, 0.5) is 17.1 Å². The summed E-state index contributed by atoms with van der Waals surface area (Å²) < 4.78 is 2.41. The van der Waals surface area contributed by atoms with Gasteiger partial charge in [0.1, 0.15) is 0 Å². The van der Waals surface area contributed by atoms with Crippen molar-refractivity contribution in [3.8, 4) is 50.2 Å². The highest BCUT2D eigenvalue weighted by atomic mass is 15.1. The molecule has 12 aromatic carbocycles. The van der Waals surface area contributed by atoms with Crippen LogP contribution in [0.1, 0.15) is 0 Å². The SMILES string of the molecule is c1ccc(-c2ccc(-n3c4ccccc4c4ccccc43)cc2-c2ccc(N(c3ccccc3-c3cccc4ccccc34)c3ccc(-c4ccc5ccccc5c4)c4ccccc34)cc2)cc1. The fourth-order valence-electron chi connectivity index (χ4n) is 10.6. The maximum atomic E-state index is 2.47. The highest BCUT2D eigenvalue weighted by Crippen LogP contribution is 2.47. The fourth-order valence-corrected chi connectivity index (χ4v) is 10.6. The molecule has 0 amide bonds. The number of benzene rings is 12. The van der Waals surface area contributed by atoms with Gasteiger partial charge in [-0.25, -0.2) is 0 Å². The smallest absolute Gasteiger partial charge is 0.0541 e. The first-order valence-corrected chi connectivity index (χ1v) is 23.4. The third kappa shape index (κ3) is 6.65. The topological polar surface area (TPSA) is 8.17 Å². The van der Waals surface area contributed by atoms with Gasteiger partial charge in [0.25, 0.3) is 0 Å². The third-order valence-electron chi connectivity index (χ3n) is 13.8. The van der Waals surface area contributed by atoms with Gasteiger partial charge in [0.2, 0.25) is 0 Å². The molecule has 68 heavy (non-hydrogen) atoms. The van der Waals surface area contributed by atoms with Gasteiger partial charge in [0.15, 0.2) is 0 Å². The lowest BCUT2D eigenvalue weighted by molar-refractivity contribution is 1.18. The maximum absolute atomic E-state index is 2.47. The zero-order chi connectivity index (χ0) is 45.0. The molecule has 0 saturated heterocycles. The van der Waals surface area contributed by atoms with Crippen LogP contribution in [-0.2, 0) is 0 Å². The van der Waals surface area contributed by atoms with E-state index in [-0.39, 0.29) is 0 Å². The molecular formula is C66H44N2. The average Bonchev–Trinajstić information content (AvgIpc) is 3.75. The summed E-state index contributed by atoms with van der Waals surface area (Å²) in [7, 11) is 0. The van der Waals surface area contributed by atoms with Gasteiger partial charge in [-0.3, -0.25) is 0 Å². The van der Waals surface area contributed by atoms with E-state index in [4.69, 9.17) is 0 Å². The summed E-state index contributed by atoms with van der Waals surface area (Å²) in [6, 6.07) is 97.7. The first-order valence-electron chi connectivity index (χ1n) is 23.4. The summed E-state index contributed by atoms with van der Waals surface area (Å²) in [6.45, 7) is 0. The van der Waals surface area contributed by atoms with Crippen molar-refractivity contribution >= 4 is 71.2 Å². The van der Waals surface area contributed by atoms with Gasteiger partial charge in [-0.15, -0.1) is 0 Å². The van der Waals surface area contributed by atoms with Crippen LogP contribution in [0.3, 0.4) is 0 Å². The molecule has 0 spiro atoms. The van der Waals surface area contributed by atoms with Gasteiger partial charge in [0.05, 0.1) is 22.4 Å². The molecule has 0 aliphatic heterocycles. The average molecular weight is 865 g/mol. The Morgan fingerprint density at radius 1 is 0.250 bits per heavy atom. The van der Waals surface area contributed by atoms with Gasteiger partial charge in [-0.05, 0) is 120 Å². The minimum Gasteiger partial charge on any atom is -0.309 e. The Bertz CT molecular complexity index is 3970. The van der Waals surface area contributed by atoms with Gasteiger partial charge in [-0.2, -0.15) is 0 Å². The lowest BCUT2D eigenvalue weighted by Gasteiger charge is -2.30. The maximum Gasteiger partial charge on any atom is 0.0541 e. The van der Waals surface area contributed by atoms with E-state index in [2.05, 4.69) is 276 Å². The zero-order valence-corrected chi connectivity index (χ0v) is 37.3. The summed E-state index contributed by atoms with van der Waals surface area (Å²) in [6.07, 6.45) is 0. The van der Waals surface area contributed by atoms with Crippen molar-refractivity contribution in [2.45, 2.75) is 0 Å². The standard InChI is InChI=1S/C66H44N2/c1-2-18-46(19-3-1)54-40-39-52(68-64-31-14-11-27-60(64)61-28-12-15-32-65(61)68)44-62(54)48-35-37-51(38-36-48)67(63-30-13-10-26-58(63)57-29-16-22-47-20-6-7-23-53(47)57)66-42-41-55(56-24-8-9-25-59(56)66)50-34-33-45-17-4-5-21-49(45)43-50/h1-44H. The molecule has 2 nitrogen and oxygen atoms in total. The molecule has 0 fully saturated rings. The molecule has 318 valence electrons. The minimum atomic E-state index is 1.07. The van der Waals surface area contributed by atoms with E-state index in [0.29, 0.717) is 0 Å². The van der Waals surface area contributed by atoms with Crippen molar-refractivity contribution in [2.75, 3.05) is 4.90 Å². The van der Waals surface area contributed by atoms with Crippen molar-refractivity contribution < 1.29 is 0 Å². The van der Waals surface area contributed by atoms with E-state index in [1.165, 1.54) is 93.1 Å². The monoisotopic (exact) mass is 864 g/mol. The number of hydrogen-bond acceptors (Lipinski definition) is 1. The molecule has 0 aliphatic carbocycles. The van der Waals surface area contributed by atoms with Crippen LogP contribution in [0, 0.1) is 0 Å². The first kappa shape index (κ1) is 39.4. The van der Waals surface area contributed by atoms with Crippen molar-refractivity contribution in [1.82, 2.24) is 4.57 Å². The number of fused-ring (bicyclic) bond motifs is 6. The number of rotatable bonds is 8. The molecule has 1 heterocycles. The molecule has 2 heteroatoms. The summed E-state index contributed by atoms with van der Waals surface area (Å²) in [5.74, 6) is 0. The molecule has 13 rings (SSSR count). The predicted molar refractivity (Wildman–Crippen MR) is 290 cm³/mol. The van der Waals surface area contributed by atoms with E-state index < -0.39 is 0 Å². The number of nitrogens with zero attached hydrogens (tertiary/aromatic N) is 2. The highest BCUT2D eigenvalue weighted by Gasteiger charge is 2.22. The van der Waals surface area contributed by atoms with Crippen LogP contribution >= 0.6 is 0 Å². The van der Waals surface area contributed by atoms with Crippen molar-refractivity contribution in [3.63, 3.8) is 0 Å². The summed E-state index contributed by atoms with van der Waals surface area (Å²) in [4.78, 5) is 2.47. The van der Waals surface area contributed by atoms with Gasteiger partial charge >= 0.3 is 0 Å². The summed E-state index contributed by atoms with van der Waals surface area (Å²) in [5.41, 5.74) is 16.3. The van der Waals surface area contributed by atoms with Crippen molar-refractivity contribution in [2.24, 2.45) is 0 Å². The molecule has 13 aromatic rings. The lowest BCUT2D eigenvalue weighted by Crippen LogP contribution is -2.12. The molecule has 0 bridgehead atoms. The first-order chi connectivity index (χ1) is 33.7. The number of para-hydroxylation sites is 3. The van der Waals surface area contributed by atoms with Crippen molar-refractivity contribution in [1.29, 1.82) is 0 Å². The Hall–Kier alpha value is -8.98. The van der Waals surface area contributed by atoms with Crippen LogP contribution < -0.4 is 4.90 Å². The third-order valence-corrected chi connectivity index (χ3v) is 13.8.